The highest BCUT2D eigenvalue weighted by Crippen LogP contribution is 2.40. The van der Waals surface area contributed by atoms with Crippen molar-refractivity contribution < 1.29 is 4.57 Å². The molecule has 1 aliphatic rings. The lowest BCUT2D eigenvalue weighted by molar-refractivity contribution is 0.594. The fourth-order valence-corrected chi connectivity index (χ4v) is 5.82. The average Bonchev–Trinajstić information content (AvgIpc) is 3.13. The number of benzene rings is 4. The highest BCUT2D eigenvalue weighted by molar-refractivity contribution is 7.53. The Hall–Kier alpha value is -3.61. The van der Waals surface area contributed by atoms with Crippen LogP contribution >= 0.6 is 7.80 Å². The number of aromatic nitrogens is 1. The summed E-state index contributed by atoms with van der Waals surface area (Å²) in [5.41, 5.74) is 6.80. The molecule has 158 valence electrons. The van der Waals surface area contributed by atoms with E-state index in [9.17, 15) is 4.57 Å². The molecule has 0 radical (unpaired) electrons. The van der Waals surface area contributed by atoms with Gasteiger partial charge in [0, 0.05) is 21.7 Å². The molecule has 0 saturated heterocycles. The lowest BCUT2D eigenvalue weighted by Crippen LogP contribution is -2.00. The van der Waals surface area contributed by atoms with Crippen LogP contribution in [0.5, 0.6) is 0 Å². The van der Waals surface area contributed by atoms with E-state index in [2.05, 4.69) is 85.0 Å². The van der Waals surface area contributed by atoms with E-state index in [1.807, 2.05) is 19.1 Å². The van der Waals surface area contributed by atoms with E-state index in [4.69, 9.17) is 4.98 Å². The van der Waals surface area contributed by atoms with Gasteiger partial charge in [0.1, 0.15) is 6.16 Å². The number of hydrogen-bond donors (Lipinski definition) is 0. The zero-order valence-electron chi connectivity index (χ0n) is 18.5. The Kier molecular flexibility index (Phi) is 4.89. The molecule has 0 aliphatic heterocycles. The normalized spacial score (nSPS) is 13.4. The van der Waals surface area contributed by atoms with Gasteiger partial charge in [-0.25, -0.2) is 4.98 Å². The molecule has 0 fully saturated rings. The average molecular weight is 444 g/mol. The molecule has 0 saturated carbocycles. The molecule has 33 heavy (non-hydrogen) atoms. The highest BCUT2D eigenvalue weighted by Gasteiger charge is 2.20. The van der Waals surface area contributed by atoms with Gasteiger partial charge in [0.05, 0.1) is 11.0 Å². The van der Waals surface area contributed by atoms with E-state index < -0.39 is 7.80 Å². The fourth-order valence-electron chi connectivity index (χ4n) is 4.92. The highest BCUT2D eigenvalue weighted by atomic mass is 31.1. The van der Waals surface area contributed by atoms with Gasteiger partial charge < -0.3 is 0 Å². The second-order valence-corrected chi connectivity index (χ2v) is 10.3. The molecule has 5 aromatic rings. The van der Waals surface area contributed by atoms with Gasteiger partial charge in [-0.1, -0.05) is 89.5 Å². The molecule has 6 rings (SSSR count). The summed E-state index contributed by atoms with van der Waals surface area (Å²) in [7, 11) is -1.39. The van der Waals surface area contributed by atoms with Crippen molar-refractivity contribution >= 4 is 51.8 Å². The molecule has 3 heteroatoms. The quantitative estimate of drug-likeness (QED) is 0.161. The topological polar surface area (TPSA) is 30.0 Å². The van der Waals surface area contributed by atoms with Gasteiger partial charge in [0.2, 0.25) is 0 Å². The van der Waals surface area contributed by atoms with Crippen molar-refractivity contribution in [1.82, 2.24) is 4.98 Å². The van der Waals surface area contributed by atoms with Crippen molar-refractivity contribution in [1.29, 1.82) is 0 Å². The van der Waals surface area contributed by atoms with Gasteiger partial charge >= 0.3 is 7.80 Å². The van der Waals surface area contributed by atoms with Crippen LogP contribution < -0.4 is 5.30 Å². The zero-order chi connectivity index (χ0) is 22.4. The number of rotatable bonds is 3. The minimum atomic E-state index is -1.39. The first-order valence-electron chi connectivity index (χ1n) is 11.4. The molecule has 1 heterocycles. The maximum Gasteiger partial charge on any atom is 0.376 e. The molecular formula is C30H23NOP+. The summed E-state index contributed by atoms with van der Waals surface area (Å²) < 4.78 is 12.6. The molecule has 4 aromatic carbocycles. The Morgan fingerprint density at radius 1 is 0.848 bits per heavy atom. The monoisotopic (exact) mass is 444 g/mol. The first-order valence-corrected chi connectivity index (χ1v) is 12.8. The predicted molar refractivity (Wildman–Crippen MR) is 142 cm³/mol. The van der Waals surface area contributed by atoms with Crippen molar-refractivity contribution in [3.63, 3.8) is 0 Å². The third kappa shape index (κ3) is 3.30. The number of fused-ring (bicyclic) bond motifs is 6. The Labute approximate surface area is 194 Å². The van der Waals surface area contributed by atoms with E-state index in [1.165, 1.54) is 22.1 Å². The van der Waals surface area contributed by atoms with Crippen LogP contribution in [0.1, 0.15) is 18.1 Å². The molecule has 0 N–H and O–H groups in total. The van der Waals surface area contributed by atoms with Crippen molar-refractivity contribution in [3.05, 3.63) is 102 Å². The van der Waals surface area contributed by atoms with Gasteiger partial charge in [-0.2, -0.15) is 0 Å². The lowest BCUT2D eigenvalue weighted by atomic mass is 9.91. The van der Waals surface area contributed by atoms with E-state index >= 15 is 0 Å². The van der Waals surface area contributed by atoms with Crippen LogP contribution in [0.2, 0.25) is 0 Å². The van der Waals surface area contributed by atoms with Crippen molar-refractivity contribution in [3.8, 4) is 11.1 Å². The third-order valence-electron chi connectivity index (χ3n) is 6.54. The summed E-state index contributed by atoms with van der Waals surface area (Å²) in [4.78, 5) is 5.30. The number of nitrogens with zero attached hydrogens (tertiary/aromatic N) is 1. The van der Waals surface area contributed by atoms with Crippen LogP contribution in [0.15, 0.2) is 91.0 Å². The zero-order valence-corrected chi connectivity index (χ0v) is 19.3. The molecule has 0 spiro atoms. The number of allylic oxidation sites excluding steroid dienone is 3. The summed E-state index contributed by atoms with van der Waals surface area (Å²) in [6, 6.07) is 25.5. The maximum absolute atomic E-state index is 12.6. The molecule has 1 atom stereocenters. The van der Waals surface area contributed by atoms with Crippen LogP contribution in [0.25, 0.3) is 49.8 Å². The molecule has 1 unspecified atom stereocenters. The second kappa shape index (κ2) is 8.06. The number of hydrogen-bond acceptors (Lipinski definition) is 2. The SMILES string of the molecule is CC[P+](=O)c1cccc(-c2c3ccc4c(c3nc3c2ccc2ccccc23)CC=CC=C4)c1. The summed E-state index contributed by atoms with van der Waals surface area (Å²) in [6.07, 6.45) is 10.1. The predicted octanol–water partition coefficient (Wildman–Crippen LogP) is 7.81. The Morgan fingerprint density at radius 3 is 2.61 bits per heavy atom. The second-order valence-electron chi connectivity index (χ2n) is 8.44. The minimum Gasteiger partial charge on any atom is -0.247 e. The van der Waals surface area contributed by atoms with E-state index in [0.717, 1.165) is 44.5 Å². The molecule has 0 amide bonds. The van der Waals surface area contributed by atoms with Crippen LogP contribution in [0, 0.1) is 0 Å². The molecular weight excluding hydrogens is 421 g/mol. The van der Waals surface area contributed by atoms with Crippen LogP contribution in [-0.4, -0.2) is 11.1 Å². The first-order chi connectivity index (χ1) is 16.2. The van der Waals surface area contributed by atoms with E-state index in [1.54, 1.807) is 0 Å². The largest absolute Gasteiger partial charge is 0.376 e. The smallest absolute Gasteiger partial charge is 0.247 e. The van der Waals surface area contributed by atoms with Crippen LogP contribution in [0.3, 0.4) is 0 Å². The molecule has 0 bridgehead atoms. The van der Waals surface area contributed by atoms with Crippen molar-refractivity contribution in [2.75, 3.05) is 6.16 Å². The molecule has 1 aliphatic carbocycles. The molecule has 2 nitrogen and oxygen atoms in total. The first kappa shape index (κ1) is 20.0. The van der Waals surface area contributed by atoms with Crippen molar-refractivity contribution in [2.24, 2.45) is 0 Å². The summed E-state index contributed by atoms with van der Waals surface area (Å²) in [5, 5.41) is 5.53. The van der Waals surface area contributed by atoms with E-state index in [-0.39, 0.29) is 0 Å². The Balaban J connectivity index is 1.79. The summed E-state index contributed by atoms with van der Waals surface area (Å²) in [5.74, 6) is 0. The van der Waals surface area contributed by atoms with Crippen LogP contribution in [-0.2, 0) is 11.0 Å². The lowest BCUT2D eigenvalue weighted by Gasteiger charge is -2.16. The van der Waals surface area contributed by atoms with E-state index in [0.29, 0.717) is 6.16 Å². The maximum atomic E-state index is 12.6. The van der Waals surface area contributed by atoms with Gasteiger partial charge in [-0.15, -0.1) is 0 Å². The third-order valence-corrected chi connectivity index (χ3v) is 7.97. The standard InChI is InChI=1S/C30H23NOP/c1-2-33(32)23-12-8-11-22(19-23)28-26-17-15-20-9-4-3-5-13-24(20)29(26)31-30-25-14-7-6-10-21(25)16-18-27(28)30/h3-12,14-19H,2,13H2,1H3/q+1. The minimum absolute atomic E-state index is 0.646. The van der Waals surface area contributed by atoms with Crippen LogP contribution in [0.4, 0.5) is 0 Å². The van der Waals surface area contributed by atoms with Gasteiger partial charge in [-0.05, 0) is 47.6 Å². The Morgan fingerprint density at radius 2 is 1.70 bits per heavy atom. The fraction of sp³-hybridized carbons (Fsp3) is 0.100. The van der Waals surface area contributed by atoms with Gasteiger partial charge in [0.15, 0.2) is 5.30 Å². The summed E-state index contributed by atoms with van der Waals surface area (Å²) >= 11 is 0. The summed E-state index contributed by atoms with van der Waals surface area (Å²) in [6.45, 7) is 1.98. The van der Waals surface area contributed by atoms with Crippen molar-refractivity contribution in [2.45, 2.75) is 13.3 Å². The molecule has 1 aromatic heterocycles. The van der Waals surface area contributed by atoms with Gasteiger partial charge in [0.25, 0.3) is 0 Å². The Bertz CT molecular complexity index is 1640. The number of pyridine rings is 1. The van der Waals surface area contributed by atoms with Gasteiger partial charge in [-0.3, -0.25) is 0 Å².